The van der Waals surface area contributed by atoms with Gasteiger partial charge in [-0.05, 0) is 0 Å². The lowest BCUT2D eigenvalue weighted by Crippen LogP contribution is -2.37. The first-order chi connectivity index (χ1) is 8.30. The predicted molar refractivity (Wildman–Crippen MR) is 63.7 cm³/mol. The highest BCUT2D eigenvalue weighted by atomic mass is 35.5. The summed E-state index contributed by atoms with van der Waals surface area (Å²) in [6, 6.07) is 0. The minimum atomic E-state index is -4.14. The van der Waals surface area contributed by atoms with Crippen LogP contribution < -0.4 is 0 Å². The number of aromatic nitrogens is 2. The van der Waals surface area contributed by atoms with E-state index in [2.05, 4.69) is 5.10 Å². The van der Waals surface area contributed by atoms with Gasteiger partial charge in [0, 0.05) is 19.5 Å². The fourth-order valence-electron chi connectivity index (χ4n) is 1.37. The van der Waals surface area contributed by atoms with Gasteiger partial charge in [-0.15, -0.1) is 11.6 Å². The van der Waals surface area contributed by atoms with E-state index in [-0.39, 0.29) is 22.5 Å². The van der Waals surface area contributed by atoms with Gasteiger partial charge in [0.15, 0.2) is 5.03 Å². The lowest BCUT2D eigenvalue weighted by atomic mass is 10.6. The fraction of sp³-hybridized carbons (Fsp3) is 0.625. The van der Waals surface area contributed by atoms with E-state index in [9.17, 15) is 17.2 Å². The summed E-state index contributed by atoms with van der Waals surface area (Å²) in [6.45, 7) is -1.16. The summed E-state index contributed by atoms with van der Waals surface area (Å²) in [5, 5.41) is 3.22. The maximum atomic E-state index is 12.4. The smallest absolute Gasteiger partial charge is 0.255 e. The van der Waals surface area contributed by atoms with Crippen LogP contribution in [0, 0.1) is 0 Å². The number of aryl methyl sites for hydroxylation is 1. The Bertz CT molecular complexity index is 487. The average molecular weight is 322 g/mol. The summed E-state index contributed by atoms with van der Waals surface area (Å²) < 4.78 is 50.7. The van der Waals surface area contributed by atoms with Gasteiger partial charge in [0.2, 0.25) is 0 Å². The van der Waals surface area contributed by atoms with Gasteiger partial charge in [-0.1, -0.05) is 11.6 Å². The quantitative estimate of drug-likeness (QED) is 0.747. The highest BCUT2D eigenvalue weighted by Crippen LogP contribution is 2.24. The third-order valence-electron chi connectivity index (χ3n) is 2.10. The molecule has 0 fully saturated rings. The summed E-state index contributed by atoms with van der Waals surface area (Å²) in [5.41, 5.74) is 0. The molecule has 0 aliphatic rings. The van der Waals surface area contributed by atoms with Crippen molar-refractivity contribution >= 4 is 33.2 Å². The normalized spacial score (nSPS) is 12.6. The van der Waals surface area contributed by atoms with Gasteiger partial charge < -0.3 is 0 Å². The molecule has 10 heteroatoms. The zero-order chi connectivity index (χ0) is 13.9. The van der Waals surface area contributed by atoms with Crippen LogP contribution in [0.2, 0.25) is 5.02 Å². The Labute approximate surface area is 113 Å². The van der Waals surface area contributed by atoms with Crippen molar-refractivity contribution < 1.29 is 17.2 Å². The van der Waals surface area contributed by atoms with E-state index in [4.69, 9.17) is 23.2 Å². The van der Waals surface area contributed by atoms with Gasteiger partial charge in [-0.3, -0.25) is 4.68 Å². The topological polar surface area (TPSA) is 55.2 Å². The molecule has 104 valence electrons. The molecule has 1 aromatic rings. The summed E-state index contributed by atoms with van der Waals surface area (Å²) >= 11 is 11.1. The first-order valence-electron chi connectivity index (χ1n) is 4.82. The van der Waals surface area contributed by atoms with E-state index >= 15 is 0 Å². The van der Waals surface area contributed by atoms with Crippen molar-refractivity contribution in [3.8, 4) is 0 Å². The Morgan fingerprint density at radius 2 is 2.17 bits per heavy atom. The molecule has 0 spiro atoms. The number of nitrogens with zero attached hydrogens (tertiary/aromatic N) is 3. The van der Waals surface area contributed by atoms with E-state index in [1.807, 2.05) is 0 Å². The SMILES string of the molecule is Cn1ncc(Cl)c1S(=O)(=O)N(CCCl)CC(F)F. The van der Waals surface area contributed by atoms with E-state index in [1.54, 1.807) is 0 Å². The van der Waals surface area contributed by atoms with E-state index in [0.717, 1.165) is 10.9 Å². The monoisotopic (exact) mass is 321 g/mol. The molecule has 0 aliphatic carbocycles. The van der Waals surface area contributed by atoms with Gasteiger partial charge >= 0.3 is 0 Å². The van der Waals surface area contributed by atoms with Gasteiger partial charge in [-0.2, -0.15) is 9.40 Å². The van der Waals surface area contributed by atoms with E-state index < -0.39 is 23.0 Å². The maximum Gasteiger partial charge on any atom is 0.261 e. The van der Waals surface area contributed by atoms with Crippen LogP contribution in [0.4, 0.5) is 8.78 Å². The van der Waals surface area contributed by atoms with Crippen molar-refractivity contribution in [2.45, 2.75) is 11.5 Å². The molecule has 1 heterocycles. The molecule has 0 bridgehead atoms. The lowest BCUT2D eigenvalue weighted by Gasteiger charge is -2.20. The maximum absolute atomic E-state index is 12.4. The summed E-state index contributed by atoms with van der Waals surface area (Å²) in [6.07, 6.45) is -1.66. The number of alkyl halides is 3. The standard InChI is InChI=1S/C8H11Cl2F2N3O2S/c1-14-8(6(10)4-13-14)18(16,17)15(3-2-9)5-7(11)12/h4,7H,2-3,5H2,1H3. The molecule has 0 saturated carbocycles. The number of rotatable bonds is 6. The zero-order valence-corrected chi connectivity index (χ0v) is 11.7. The van der Waals surface area contributed by atoms with E-state index in [1.165, 1.54) is 7.05 Å². The third-order valence-corrected chi connectivity index (χ3v) is 4.64. The molecule has 5 nitrogen and oxygen atoms in total. The Hall–Kier alpha value is -0.440. The summed E-state index contributed by atoms with van der Waals surface area (Å²) in [4.78, 5) is 0. The van der Waals surface area contributed by atoms with Crippen LogP contribution >= 0.6 is 23.2 Å². The summed E-state index contributed by atoms with van der Waals surface area (Å²) in [7, 11) is -2.78. The molecule has 18 heavy (non-hydrogen) atoms. The van der Waals surface area contributed by atoms with Crippen LogP contribution in [0.5, 0.6) is 0 Å². The van der Waals surface area contributed by atoms with Crippen molar-refractivity contribution in [1.29, 1.82) is 0 Å². The first-order valence-corrected chi connectivity index (χ1v) is 7.17. The second kappa shape index (κ2) is 6.14. The second-order valence-corrected chi connectivity index (χ2v) is 6.00. The van der Waals surface area contributed by atoms with Crippen LogP contribution in [0.3, 0.4) is 0 Å². The molecule has 0 saturated heterocycles. The molecule has 0 radical (unpaired) electrons. The minimum Gasteiger partial charge on any atom is -0.255 e. The van der Waals surface area contributed by atoms with Gasteiger partial charge in [-0.25, -0.2) is 17.2 Å². The minimum absolute atomic E-state index is 0.0958. The molecule has 1 rings (SSSR count). The molecule has 0 N–H and O–H groups in total. The van der Waals surface area contributed by atoms with Gasteiger partial charge in [0.05, 0.1) is 17.8 Å². The summed E-state index contributed by atoms with van der Waals surface area (Å²) in [5.74, 6) is -0.0958. The average Bonchev–Trinajstić information content (AvgIpc) is 2.57. The molecule has 1 aromatic heterocycles. The van der Waals surface area contributed by atoms with Crippen molar-refractivity contribution in [2.24, 2.45) is 7.05 Å². The molecule has 0 atom stereocenters. The largest absolute Gasteiger partial charge is 0.261 e. The zero-order valence-electron chi connectivity index (χ0n) is 9.35. The Morgan fingerprint density at radius 1 is 1.56 bits per heavy atom. The molecule has 0 aliphatic heterocycles. The van der Waals surface area contributed by atoms with Crippen molar-refractivity contribution in [3.63, 3.8) is 0 Å². The fourth-order valence-corrected chi connectivity index (χ4v) is 3.70. The van der Waals surface area contributed by atoms with Crippen molar-refractivity contribution in [1.82, 2.24) is 14.1 Å². The highest BCUT2D eigenvalue weighted by Gasteiger charge is 2.31. The Kier molecular flexibility index (Phi) is 5.32. The van der Waals surface area contributed by atoms with Crippen LogP contribution in [-0.4, -0.2) is 47.9 Å². The molecule has 0 aromatic carbocycles. The van der Waals surface area contributed by atoms with Crippen molar-refractivity contribution in [2.75, 3.05) is 19.0 Å². The van der Waals surface area contributed by atoms with Crippen LogP contribution in [-0.2, 0) is 17.1 Å². The van der Waals surface area contributed by atoms with Crippen LogP contribution in [0.25, 0.3) is 0 Å². The first kappa shape index (κ1) is 15.6. The lowest BCUT2D eigenvalue weighted by molar-refractivity contribution is 0.121. The second-order valence-electron chi connectivity index (χ2n) is 3.36. The third kappa shape index (κ3) is 3.31. The number of sulfonamides is 1. The number of halogens is 4. The van der Waals surface area contributed by atoms with Gasteiger partial charge in [0.25, 0.3) is 16.4 Å². The van der Waals surface area contributed by atoms with Crippen molar-refractivity contribution in [3.05, 3.63) is 11.2 Å². The molecular formula is C8H11Cl2F2N3O2S. The Balaban J connectivity index is 3.17. The number of hydrogen-bond acceptors (Lipinski definition) is 3. The van der Waals surface area contributed by atoms with Crippen LogP contribution in [0.15, 0.2) is 11.2 Å². The Morgan fingerprint density at radius 3 is 2.56 bits per heavy atom. The molecular weight excluding hydrogens is 311 g/mol. The van der Waals surface area contributed by atoms with Crippen LogP contribution in [0.1, 0.15) is 0 Å². The number of hydrogen-bond donors (Lipinski definition) is 0. The van der Waals surface area contributed by atoms with Gasteiger partial charge in [0.1, 0.15) is 0 Å². The predicted octanol–water partition coefficient (Wildman–Crippen LogP) is 1.57. The molecule has 0 amide bonds. The highest BCUT2D eigenvalue weighted by molar-refractivity contribution is 7.89. The van der Waals surface area contributed by atoms with E-state index in [0.29, 0.717) is 4.31 Å². The molecule has 0 unspecified atom stereocenters.